The minimum atomic E-state index is 0.447. The van der Waals surface area contributed by atoms with Gasteiger partial charge in [0, 0.05) is 27.9 Å². The largest absolute Gasteiger partial charge is 0.382 e. The van der Waals surface area contributed by atoms with Crippen molar-refractivity contribution in [1.82, 2.24) is 15.2 Å². The summed E-state index contributed by atoms with van der Waals surface area (Å²) < 4.78 is 0. The number of nitrogens with zero attached hydrogens (tertiary/aromatic N) is 3. The average molecular weight is 272 g/mol. The molecule has 4 nitrogen and oxygen atoms in total. The topological polar surface area (TPSA) is 64.7 Å². The van der Waals surface area contributed by atoms with Crippen molar-refractivity contribution in [1.29, 1.82) is 0 Å². The van der Waals surface area contributed by atoms with Gasteiger partial charge in [-0.15, -0.1) is 10.2 Å². The lowest BCUT2D eigenvalue weighted by atomic mass is 10.0. The van der Waals surface area contributed by atoms with E-state index in [0.717, 1.165) is 32.9 Å². The summed E-state index contributed by atoms with van der Waals surface area (Å²) in [5.74, 6) is 0.447. The summed E-state index contributed by atoms with van der Waals surface area (Å²) >= 11 is 0. The molecule has 0 unspecified atom stereocenters. The van der Waals surface area contributed by atoms with E-state index in [0.29, 0.717) is 5.82 Å². The van der Waals surface area contributed by atoms with E-state index in [9.17, 15) is 0 Å². The van der Waals surface area contributed by atoms with Crippen LogP contribution in [0.4, 0.5) is 5.82 Å². The molecule has 0 aliphatic rings. The summed E-state index contributed by atoms with van der Waals surface area (Å²) in [6.45, 7) is 0. The Labute approximate surface area is 121 Å². The standard InChI is InChI=1S/C17H12N4/c18-17-14-7-3-2-6-13(14)16(20-21-17)12-9-11-5-1-4-8-15(11)19-10-12/h1-10H,(H2,18,21). The highest BCUT2D eigenvalue weighted by Gasteiger charge is 2.09. The van der Waals surface area contributed by atoms with Crippen LogP contribution in [0.3, 0.4) is 0 Å². The number of fused-ring (bicyclic) bond motifs is 2. The first-order valence-electron chi connectivity index (χ1n) is 6.69. The van der Waals surface area contributed by atoms with Crippen LogP contribution in [0.1, 0.15) is 0 Å². The van der Waals surface area contributed by atoms with Gasteiger partial charge in [-0.1, -0.05) is 42.5 Å². The second kappa shape index (κ2) is 4.52. The zero-order chi connectivity index (χ0) is 14.2. The van der Waals surface area contributed by atoms with Crippen molar-refractivity contribution < 1.29 is 0 Å². The lowest BCUT2D eigenvalue weighted by Crippen LogP contribution is -1.97. The molecule has 0 fully saturated rings. The molecule has 0 saturated heterocycles. The van der Waals surface area contributed by atoms with Gasteiger partial charge in [-0.3, -0.25) is 4.98 Å². The molecule has 0 atom stereocenters. The monoisotopic (exact) mass is 272 g/mol. The van der Waals surface area contributed by atoms with E-state index in [1.807, 2.05) is 54.7 Å². The van der Waals surface area contributed by atoms with Crippen LogP contribution in [0.25, 0.3) is 32.9 Å². The van der Waals surface area contributed by atoms with Crippen LogP contribution < -0.4 is 5.73 Å². The molecule has 100 valence electrons. The normalized spacial score (nSPS) is 11.0. The number of aromatic nitrogens is 3. The third kappa shape index (κ3) is 1.89. The fourth-order valence-electron chi connectivity index (χ4n) is 2.54. The molecule has 4 heteroatoms. The highest BCUT2D eigenvalue weighted by atomic mass is 15.1. The van der Waals surface area contributed by atoms with Crippen molar-refractivity contribution in [3.05, 3.63) is 60.8 Å². The Hall–Kier alpha value is -3.01. The Morgan fingerprint density at radius 1 is 0.810 bits per heavy atom. The lowest BCUT2D eigenvalue weighted by Gasteiger charge is -2.07. The fourth-order valence-corrected chi connectivity index (χ4v) is 2.54. The number of para-hydroxylation sites is 1. The van der Waals surface area contributed by atoms with Gasteiger partial charge in [0.2, 0.25) is 0 Å². The SMILES string of the molecule is Nc1nnc(-c2cnc3ccccc3c2)c2ccccc12. The predicted octanol–water partition coefficient (Wildman–Crippen LogP) is 3.43. The average Bonchev–Trinajstić information content (AvgIpc) is 2.55. The second-order valence-corrected chi connectivity index (χ2v) is 4.90. The van der Waals surface area contributed by atoms with Crippen LogP contribution in [-0.4, -0.2) is 15.2 Å². The van der Waals surface area contributed by atoms with Gasteiger partial charge in [-0.05, 0) is 12.1 Å². The van der Waals surface area contributed by atoms with E-state index in [4.69, 9.17) is 5.73 Å². The molecule has 2 aromatic carbocycles. The minimum absolute atomic E-state index is 0.447. The molecule has 0 spiro atoms. The Balaban J connectivity index is 2.02. The molecule has 0 bridgehead atoms. The van der Waals surface area contributed by atoms with Crippen LogP contribution in [-0.2, 0) is 0 Å². The molecule has 0 saturated carbocycles. The van der Waals surface area contributed by atoms with Gasteiger partial charge in [-0.25, -0.2) is 0 Å². The first-order chi connectivity index (χ1) is 10.3. The molecule has 0 amide bonds. The summed E-state index contributed by atoms with van der Waals surface area (Å²) in [5.41, 5.74) is 8.62. The maximum absolute atomic E-state index is 5.90. The van der Waals surface area contributed by atoms with E-state index in [2.05, 4.69) is 21.2 Å². The van der Waals surface area contributed by atoms with E-state index < -0.39 is 0 Å². The smallest absolute Gasteiger partial charge is 0.154 e. The molecule has 2 heterocycles. The number of hydrogen-bond acceptors (Lipinski definition) is 4. The Morgan fingerprint density at radius 3 is 2.48 bits per heavy atom. The minimum Gasteiger partial charge on any atom is -0.382 e. The van der Waals surface area contributed by atoms with Gasteiger partial charge in [-0.2, -0.15) is 0 Å². The Kier molecular flexibility index (Phi) is 2.54. The first-order valence-corrected chi connectivity index (χ1v) is 6.69. The van der Waals surface area contributed by atoms with E-state index in [-0.39, 0.29) is 0 Å². The molecule has 2 aromatic heterocycles. The Morgan fingerprint density at radius 2 is 1.57 bits per heavy atom. The second-order valence-electron chi connectivity index (χ2n) is 4.90. The number of anilines is 1. The summed E-state index contributed by atoms with van der Waals surface area (Å²) in [6.07, 6.45) is 1.83. The van der Waals surface area contributed by atoms with Crippen LogP contribution in [0.15, 0.2) is 60.8 Å². The molecular weight excluding hydrogens is 260 g/mol. The number of hydrogen-bond donors (Lipinski definition) is 1. The number of nitrogen functional groups attached to an aromatic ring is 1. The molecule has 4 rings (SSSR count). The summed E-state index contributed by atoms with van der Waals surface area (Å²) in [4.78, 5) is 4.49. The van der Waals surface area contributed by atoms with Crippen molar-refractivity contribution in [2.75, 3.05) is 5.73 Å². The van der Waals surface area contributed by atoms with E-state index in [1.165, 1.54) is 0 Å². The predicted molar refractivity (Wildman–Crippen MR) is 84.7 cm³/mol. The van der Waals surface area contributed by atoms with Crippen LogP contribution >= 0.6 is 0 Å². The third-order valence-electron chi connectivity index (χ3n) is 3.58. The summed E-state index contributed by atoms with van der Waals surface area (Å²) in [5, 5.41) is 11.3. The number of rotatable bonds is 1. The zero-order valence-electron chi connectivity index (χ0n) is 11.2. The van der Waals surface area contributed by atoms with Crippen molar-refractivity contribution in [2.24, 2.45) is 0 Å². The zero-order valence-corrected chi connectivity index (χ0v) is 11.2. The fraction of sp³-hybridized carbons (Fsp3) is 0. The van der Waals surface area contributed by atoms with Crippen LogP contribution in [0.5, 0.6) is 0 Å². The Bertz CT molecular complexity index is 963. The van der Waals surface area contributed by atoms with Gasteiger partial charge >= 0.3 is 0 Å². The van der Waals surface area contributed by atoms with Gasteiger partial charge < -0.3 is 5.73 Å². The molecular formula is C17H12N4. The highest BCUT2D eigenvalue weighted by molar-refractivity contribution is 6.00. The van der Waals surface area contributed by atoms with Gasteiger partial charge in [0.05, 0.1) is 5.52 Å². The number of benzene rings is 2. The maximum atomic E-state index is 5.90. The molecule has 2 N–H and O–H groups in total. The first kappa shape index (κ1) is 11.8. The molecule has 4 aromatic rings. The van der Waals surface area contributed by atoms with Crippen LogP contribution in [0, 0.1) is 0 Å². The molecule has 21 heavy (non-hydrogen) atoms. The number of pyridine rings is 1. The number of nitrogens with two attached hydrogens (primary N) is 1. The summed E-state index contributed by atoms with van der Waals surface area (Å²) in [7, 11) is 0. The van der Waals surface area contributed by atoms with E-state index >= 15 is 0 Å². The highest BCUT2D eigenvalue weighted by Crippen LogP contribution is 2.29. The third-order valence-corrected chi connectivity index (χ3v) is 3.58. The lowest BCUT2D eigenvalue weighted by molar-refractivity contribution is 1.07. The van der Waals surface area contributed by atoms with Crippen molar-refractivity contribution in [2.45, 2.75) is 0 Å². The van der Waals surface area contributed by atoms with Crippen molar-refractivity contribution in [3.63, 3.8) is 0 Å². The van der Waals surface area contributed by atoms with Crippen LogP contribution in [0.2, 0.25) is 0 Å². The van der Waals surface area contributed by atoms with Crippen molar-refractivity contribution in [3.8, 4) is 11.3 Å². The van der Waals surface area contributed by atoms with Gasteiger partial charge in [0.15, 0.2) is 5.82 Å². The van der Waals surface area contributed by atoms with Gasteiger partial charge in [0.1, 0.15) is 5.69 Å². The quantitative estimate of drug-likeness (QED) is 0.576. The maximum Gasteiger partial charge on any atom is 0.154 e. The molecule has 0 aliphatic heterocycles. The molecule has 0 aliphatic carbocycles. The van der Waals surface area contributed by atoms with Gasteiger partial charge in [0.25, 0.3) is 0 Å². The van der Waals surface area contributed by atoms with Crippen molar-refractivity contribution >= 4 is 27.5 Å². The summed E-state index contributed by atoms with van der Waals surface area (Å²) in [6, 6.07) is 18.0. The molecule has 0 radical (unpaired) electrons. The van der Waals surface area contributed by atoms with E-state index in [1.54, 1.807) is 0 Å².